The van der Waals surface area contributed by atoms with Crippen molar-refractivity contribution < 1.29 is 4.79 Å². The normalized spacial score (nSPS) is 13.1. The van der Waals surface area contributed by atoms with Crippen molar-refractivity contribution in [1.82, 2.24) is 0 Å². The number of carbonyl (C=O) groups excluding carboxylic acids is 1. The van der Waals surface area contributed by atoms with Gasteiger partial charge in [-0.3, -0.25) is 0 Å². The zero-order valence-electron chi connectivity index (χ0n) is 10.8. The van der Waals surface area contributed by atoms with Gasteiger partial charge in [-0.05, 0) is 0 Å². The van der Waals surface area contributed by atoms with E-state index in [2.05, 4.69) is 18.7 Å². The monoisotopic (exact) mass is 296 g/mol. The van der Waals surface area contributed by atoms with Gasteiger partial charge in [-0.1, -0.05) is 0 Å². The van der Waals surface area contributed by atoms with Gasteiger partial charge in [0.2, 0.25) is 0 Å². The average molecular weight is 295 g/mol. The SMILES string of the molecule is C=CCC([Se]c1ccccc1)C(=O)C(C)(C)C. The summed E-state index contributed by atoms with van der Waals surface area (Å²) < 4.78 is 1.28. The van der Waals surface area contributed by atoms with Crippen LogP contribution in [-0.4, -0.2) is 20.7 Å². The Balaban J connectivity index is 2.80. The molecule has 1 rings (SSSR count). The Kier molecular flexibility index (Phi) is 5.17. The van der Waals surface area contributed by atoms with E-state index in [4.69, 9.17) is 0 Å². The van der Waals surface area contributed by atoms with Gasteiger partial charge >= 0.3 is 110 Å². The van der Waals surface area contributed by atoms with Gasteiger partial charge in [0.25, 0.3) is 0 Å². The molecule has 0 amide bonds. The number of allylic oxidation sites excluding steroid dienone is 1. The van der Waals surface area contributed by atoms with Crippen molar-refractivity contribution in [1.29, 1.82) is 0 Å². The molecule has 0 fully saturated rings. The number of carbonyl (C=O) groups is 1. The van der Waals surface area contributed by atoms with Gasteiger partial charge in [0.05, 0.1) is 0 Å². The van der Waals surface area contributed by atoms with E-state index in [1.54, 1.807) is 0 Å². The Bertz CT molecular complexity index is 376. The molecule has 0 radical (unpaired) electrons. The number of ketones is 1. The fraction of sp³-hybridized carbons (Fsp3) is 0.400. The maximum atomic E-state index is 12.3. The summed E-state index contributed by atoms with van der Waals surface area (Å²) in [6.45, 7) is 9.74. The third kappa shape index (κ3) is 4.49. The second-order valence-electron chi connectivity index (χ2n) is 5.06. The van der Waals surface area contributed by atoms with Crippen molar-refractivity contribution in [3.63, 3.8) is 0 Å². The topological polar surface area (TPSA) is 17.1 Å². The third-order valence-electron chi connectivity index (χ3n) is 2.43. The number of hydrogen-bond donors (Lipinski definition) is 0. The van der Waals surface area contributed by atoms with Crippen LogP contribution in [0.1, 0.15) is 27.2 Å². The van der Waals surface area contributed by atoms with Crippen LogP contribution >= 0.6 is 0 Å². The molecule has 0 aromatic heterocycles. The number of rotatable bonds is 5. The molecule has 1 aromatic rings. The minimum atomic E-state index is -0.260. The minimum absolute atomic E-state index is 0.113. The predicted octanol–water partition coefficient (Wildman–Crippen LogP) is 3.00. The van der Waals surface area contributed by atoms with Crippen LogP contribution in [0.25, 0.3) is 0 Å². The summed E-state index contributed by atoms with van der Waals surface area (Å²) in [5.74, 6) is 0.348. The molecule has 17 heavy (non-hydrogen) atoms. The summed E-state index contributed by atoms with van der Waals surface area (Å²) in [5.41, 5.74) is -0.260. The van der Waals surface area contributed by atoms with E-state index < -0.39 is 0 Å². The van der Waals surface area contributed by atoms with Gasteiger partial charge in [-0.25, -0.2) is 0 Å². The van der Waals surface area contributed by atoms with Crippen LogP contribution in [0.3, 0.4) is 0 Å². The van der Waals surface area contributed by atoms with Crippen LogP contribution < -0.4 is 4.46 Å². The zero-order valence-corrected chi connectivity index (χ0v) is 12.5. The van der Waals surface area contributed by atoms with E-state index in [0.29, 0.717) is 5.78 Å². The van der Waals surface area contributed by atoms with E-state index in [1.807, 2.05) is 45.0 Å². The van der Waals surface area contributed by atoms with E-state index >= 15 is 0 Å². The molecular formula is C15H20OSe. The third-order valence-corrected chi connectivity index (χ3v) is 5.03. The van der Waals surface area contributed by atoms with Gasteiger partial charge < -0.3 is 0 Å². The molecule has 0 N–H and O–H groups in total. The summed E-state index contributed by atoms with van der Waals surface area (Å²) in [5, 5.41) is 0. The quantitative estimate of drug-likeness (QED) is 0.603. The first-order chi connectivity index (χ1) is 7.95. The van der Waals surface area contributed by atoms with Crippen LogP contribution in [-0.2, 0) is 4.79 Å². The van der Waals surface area contributed by atoms with Gasteiger partial charge in [-0.15, -0.1) is 0 Å². The first kappa shape index (κ1) is 14.2. The number of hydrogen-bond acceptors (Lipinski definition) is 1. The van der Waals surface area contributed by atoms with Crippen molar-refractivity contribution in [2.24, 2.45) is 5.41 Å². The maximum absolute atomic E-state index is 12.3. The Morgan fingerprint density at radius 2 is 1.94 bits per heavy atom. The molecule has 0 aliphatic heterocycles. The first-order valence-corrected chi connectivity index (χ1v) is 7.66. The molecule has 1 atom stereocenters. The molecule has 0 spiro atoms. The Morgan fingerprint density at radius 1 is 1.35 bits per heavy atom. The van der Waals surface area contributed by atoms with Crippen molar-refractivity contribution in [2.45, 2.75) is 32.0 Å². The number of benzene rings is 1. The van der Waals surface area contributed by atoms with Crippen LogP contribution in [0.2, 0.25) is 4.82 Å². The van der Waals surface area contributed by atoms with Gasteiger partial charge in [0.1, 0.15) is 0 Å². The van der Waals surface area contributed by atoms with Crippen molar-refractivity contribution >= 4 is 25.2 Å². The Morgan fingerprint density at radius 3 is 2.41 bits per heavy atom. The van der Waals surface area contributed by atoms with Crippen molar-refractivity contribution in [3.8, 4) is 0 Å². The summed E-state index contributed by atoms with van der Waals surface area (Å²) in [6.07, 6.45) is 2.64. The fourth-order valence-electron chi connectivity index (χ4n) is 1.51. The molecule has 1 nitrogen and oxygen atoms in total. The van der Waals surface area contributed by atoms with Crippen LogP contribution in [0.5, 0.6) is 0 Å². The van der Waals surface area contributed by atoms with Crippen molar-refractivity contribution in [2.75, 3.05) is 0 Å². The molecule has 0 saturated heterocycles. The molecule has 92 valence electrons. The van der Waals surface area contributed by atoms with E-state index in [1.165, 1.54) is 4.46 Å². The van der Waals surface area contributed by atoms with Gasteiger partial charge in [-0.2, -0.15) is 0 Å². The number of Topliss-reactive ketones (excluding diaryl/α,β-unsaturated/α-hetero) is 1. The molecule has 1 aromatic carbocycles. The molecule has 0 aliphatic rings. The summed E-state index contributed by atoms with van der Waals surface area (Å²) in [6, 6.07) is 10.3. The zero-order chi connectivity index (χ0) is 12.9. The Labute approximate surface area is 110 Å². The fourth-order valence-corrected chi connectivity index (χ4v) is 4.31. The average Bonchev–Trinajstić information content (AvgIpc) is 2.28. The second kappa shape index (κ2) is 6.18. The summed E-state index contributed by atoms with van der Waals surface area (Å²) >= 11 is 0.194. The van der Waals surface area contributed by atoms with E-state index in [0.717, 1.165) is 6.42 Å². The predicted molar refractivity (Wildman–Crippen MR) is 74.9 cm³/mol. The van der Waals surface area contributed by atoms with Crippen LogP contribution in [0, 0.1) is 5.41 Å². The van der Waals surface area contributed by atoms with Gasteiger partial charge in [0.15, 0.2) is 0 Å². The Hall–Kier alpha value is -0.851. The van der Waals surface area contributed by atoms with Gasteiger partial charge in [0, 0.05) is 0 Å². The standard InChI is InChI=1S/C15H20OSe/c1-5-9-13(14(16)15(2,3)4)17-12-10-7-6-8-11-12/h5-8,10-11,13H,1,9H2,2-4H3. The molecule has 0 saturated carbocycles. The second-order valence-corrected chi connectivity index (χ2v) is 7.74. The molecule has 2 heteroatoms. The molecule has 1 unspecified atom stereocenters. The van der Waals surface area contributed by atoms with E-state index in [-0.39, 0.29) is 25.2 Å². The molecule has 0 heterocycles. The summed E-state index contributed by atoms with van der Waals surface area (Å²) in [7, 11) is 0. The first-order valence-electron chi connectivity index (χ1n) is 5.82. The van der Waals surface area contributed by atoms with E-state index in [9.17, 15) is 4.79 Å². The van der Waals surface area contributed by atoms with Crippen molar-refractivity contribution in [3.05, 3.63) is 43.0 Å². The molecular weight excluding hydrogens is 275 g/mol. The van der Waals surface area contributed by atoms with Crippen LogP contribution in [0.4, 0.5) is 0 Å². The summed E-state index contributed by atoms with van der Waals surface area (Å²) in [4.78, 5) is 12.4. The molecule has 0 aliphatic carbocycles. The van der Waals surface area contributed by atoms with Crippen LogP contribution in [0.15, 0.2) is 43.0 Å². The molecule has 0 bridgehead atoms.